The number of sulfonamides is 1. The molecule has 0 amide bonds. The van der Waals surface area contributed by atoms with Gasteiger partial charge in [-0.2, -0.15) is 0 Å². The number of nitrogens with two attached hydrogens (primary N) is 1. The zero-order chi connectivity index (χ0) is 15.5. The molecule has 118 valence electrons. The first-order chi connectivity index (χ1) is 9.84. The third kappa shape index (κ3) is 4.43. The summed E-state index contributed by atoms with van der Waals surface area (Å²) in [6.45, 7) is 1.93. The molecular formula is C15H24N2O3S. The molecule has 21 heavy (non-hydrogen) atoms. The van der Waals surface area contributed by atoms with Crippen LogP contribution in [-0.2, 0) is 15.8 Å². The predicted octanol–water partition coefficient (Wildman–Crippen LogP) is 1.63. The van der Waals surface area contributed by atoms with Gasteiger partial charge in [-0.05, 0) is 36.5 Å². The number of anilines is 1. The number of rotatable bonds is 5. The topological polar surface area (TPSA) is 92.4 Å². The highest BCUT2D eigenvalue weighted by Gasteiger charge is 2.37. The van der Waals surface area contributed by atoms with Gasteiger partial charge in [0.25, 0.3) is 0 Å². The van der Waals surface area contributed by atoms with Gasteiger partial charge in [-0.25, -0.2) is 13.1 Å². The fraction of sp³-hybridized carbons (Fsp3) is 0.600. The number of hydrogen-bond acceptors (Lipinski definition) is 4. The molecule has 0 aliphatic heterocycles. The van der Waals surface area contributed by atoms with Crippen LogP contribution in [0.1, 0.15) is 38.2 Å². The van der Waals surface area contributed by atoms with Crippen molar-refractivity contribution in [1.82, 2.24) is 4.72 Å². The Labute approximate surface area is 126 Å². The van der Waals surface area contributed by atoms with Crippen LogP contribution in [0.25, 0.3) is 0 Å². The molecule has 1 aliphatic carbocycles. The summed E-state index contributed by atoms with van der Waals surface area (Å²) in [7, 11) is -3.51. The van der Waals surface area contributed by atoms with Gasteiger partial charge in [-0.1, -0.05) is 31.9 Å². The van der Waals surface area contributed by atoms with E-state index in [1.54, 1.807) is 24.3 Å². The van der Waals surface area contributed by atoms with Crippen molar-refractivity contribution >= 4 is 15.7 Å². The Morgan fingerprint density at radius 1 is 1.48 bits per heavy atom. The predicted molar refractivity (Wildman–Crippen MR) is 84.1 cm³/mol. The molecule has 5 nitrogen and oxygen atoms in total. The Kier molecular flexibility index (Phi) is 4.91. The normalized spacial score (nSPS) is 26.7. The summed E-state index contributed by atoms with van der Waals surface area (Å²) >= 11 is 0. The number of nitrogen functional groups attached to an aromatic ring is 1. The average Bonchev–Trinajstić information content (AvgIpc) is 2.37. The summed E-state index contributed by atoms with van der Waals surface area (Å²) in [4.78, 5) is 0. The van der Waals surface area contributed by atoms with E-state index in [1.165, 1.54) is 0 Å². The molecule has 1 aromatic carbocycles. The molecule has 1 saturated carbocycles. The Morgan fingerprint density at radius 2 is 2.24 bits per heavy atom. The van der Waals surface area contributed by atoms with Crippen LogP contribution in [0.4, 0.5) is 5.69 Å². The first-order valence-electron chi connectivity index (χ1n) is 7.31. The van der Waals surface area contributed by atoms with Gasteiger partial charge >= 0.3 is 0 Å². The van der Waals surface area contributed by atoms with Crippen molar-refractivity contribution in [2.75, 3.05) is 12.3 Å². The maximum absolute atomic E-state index is 12.4. The Bertz CT molecular complexity index is 588. The molecule has 0 saturated heterocycles. The molecule has 0 bridgehead atoms. The third-order valence-corrected chi connectivity index (χ3v) is 5.53. The first kappa shape index (κ1) is 16.3. The van der Waals surface area contributed by atoms with Crippen molar-refractivity contribution in [3.05, 3.63) is 29.8 Å². The maximum atomic E-state index is 12.4. The molecule has 1 aromatic rings. The lowest BCUT2D eigenvalue weighted by Gasteiger charge is -2.39. The van der Waals surface area contributed by atoms with Gasteiger partial charge in [0.15, 0.2) is 0 Å². The van der Waals surface area contributed by atoms with Crippen molar-refractivity contribution in [2.45, 2.75) is 43.9 Å². The number of aliphatic hydroxyl groups excluding tert-OH is 1. The van der Waals surface area contributed by atoms with Crippen molar-refractivity contribution in [3.63, 3.8) is 0 Å². The lowest BCUT2D eigenvalue weighted by atomic mass is 9.78. The van der Waals surface area contributed by atoms with E-state index in [0.717, 1.165) is 12.8 Å². The molecule has 2 atom stereocenters. The van der Waals surface area contributed by atoms with Crippen molar-refractivity contribution in [2.24, 2.45) is 5.92 Å². The van der Waals surface area contributed by atoms with Crippen molar-refractivity contribution in [3.8, 4) is 0 Å². The lowest BCUT2D eigenvalue weighted by molar-refractivity contribution is 0.119. The molecule has 0 radical (unpaired) electrons. The fourth-order valence-corrected chi connectivity index (χ4v) is 4.80. The van der Waals surface area contributed by atoms with Gasteiger partial charge in [0, 0.05) is 5.69 Å². The minimum atomic E-state index is -3.51. The molecule has 1 aliphatic rings. The maximum Gasteiger partial charge on any atom is 0.216 e. The Morgan fingerprint density at radius 3 is 2.86 bits per heavy atom. The number of nitrogens with one attached hydrogen (secondary N) is 1. The van der Waals surface area contributed by atoms with E-state index >= 15 is 0 Å². The van der Waals surface area contributed by atoms with E-state index < -0.39 is 15.6 Å². The summed E-state index contributed by atoms with van der Waals surface area (Å²) < 4.78 is 27.5. The molecule has 4 N–H and O–H groups in total. The molecule has 2 unspecified atom stereocenters. The zero-order valence-corrected chi connectivity index (χ0v) is 13.2. The lowest BCUT2D eigenvalue weighted by Crippen LogP contribution is -2.53. The van der Waals surface area contributed by atoms with E-state index in [9.17, 15) is 13.5 Å². The second kappa shape index (κ2) is 6.34. The molecule has 0 spiro atoms. The highest BCUT2D eigenvalue weighted by Crippen LogP contribution is 2.32. The molecule has 2 rings (SSSR count). The van der Waals surface area contributed by atoms with E-state index in [-0.39, 0.29) is 12.4 Å². The van der Waals surface area contributed by atoms with Crippen LogP contribution >= 0.6 is 0 Å². The largest absolute Gasteiger partial charge is 0.399 e. The quantitative estimate of drug-likeness (QED) is 0.721. The van der Waals surface area contributed by atoms with E-state index in [2.05, 4.69) is 11.6 Å². The van der Waals surface area contributed by atoms with Gasteiger partial charge in [0.05, 0.1) is 17.9 Å². The molecule has 0 heterocycles. The zero-order valence-electron chi connectivity index (χ0n) is 12.4. The second-order valence-corrected chi connectivity index (χ2v) is 7.97. The summed E-state index contributed by atoms with van der Waals surface area (Å²) in [5, 5.41) is 9.69. The van der Waals surface area contributed by atoms with Crippen LogP contribution in [0.5, 0.6) is 0 Å². The summed E-state index contributed by atoms with van der Waals surface area (Å²) in [6.07, 6.45) is 3.38. The fourth-order valence-electron chi connectivity index (χ4n) is 3.20. The Hall–Kier alpha value is -1.11. The second-order valence-electron chi connectivity index (χ2n) is 6.25. The number of aliphatic hydroxyl groups is 1. The molecular weight excluding hydrogens is 288 g/mol. The summed E-state index contributed by atoms with van der Waals surface area (Å²) in [6, 6.07) is 6.87. The third-order valence-electron chi connectivity index (χ3n) is 4.07. The smallest absolute Gasteiger partial charge is 0.216 e. The van der Waals surface area contributed by atoms with Crippen LogP contribution in [0.15, 0.2) is 24.3 Å². The van der Waals surface area contributed by atoms with Gasteiger partial charge < -0.3 is 10.8 Å². The Balaban J connectivity index is 2.12. The van der Waals surface area contributed by atoms with Gasteiger partial charge in [0.1, 0.15) is 0 Å². The summed E-state index contributed by atoms with van der Waals surface area (Å²) in [5.74, 6) is 0.301. The highest BCUT2D eigenvalue weighted by atomic mass is 32.2. The molecule has 0 aromatic heterocycles. The van der Waals surface area contributed by atoms with Crippen LogP contribution in [0.3, 0.4) is 0 Å². The minimum Gasteiger partial charge on any atom is -0.399 e. The van der Waals surface area contributed by atoms with Gasteiger partial charge in [0.2, 0.25) is 10.0 Å². The average molecular weight is 312 g/mol. The van der Waals surface area contributed by atoms with E-state index in [0.29, 0.717) is 30.0 Å². The van der Waals surface area contributed by atoms with Crippen LogP contribution < -0.4 is 10.5 Å². The van der Waals surface area contributed by atoms with Gasteiger partial charge in [-0.15, -0.1) is 0 Å². The standard InChI is InChI=1S/C15H24N2O3S/c1-12-4-3-7-15(9-12,11-18)17-21(19,20)10-13-5-2-6-14(16)8-13/h2,5-6,8,12,17-18H,3-4,7,9-11,16H2,1H3. The van der Waals surface area contributed by atoms with Crippen molar-refractivity contribution in [1.29, 1.82) is 0 Å². The minimum absolute atomic E-state index is 0.117. The van der Waals surface area contributed by atoms with Crippen molar-refractivity contribution < 1.29 is 13.5 Å². The highest BCUT2D eigenvalue weighted by molar-refractivity contribution is 7.88. The number of benzene rings is 1. The molecule has 6 heteroatoms. The van der Waals surface area contributed by atoms with Crippen LogP contribution in [0.2, 0.25) is 0 Å². The van der Waals surface area contributed by atoms with E-state index in [4.69, 9.17) is 5.73 Å². The monoisotopic (exact) mass is 312 g/mol. The number of hydrogen-bond donors (Lipinski definition) is 3. The SMILES string of the molecule is CC1CCCC(CO)(NS(=O)(=O)Cc2cccc(N)c2)C1. The summed E-state index contributed by atoms with van der Waals surface area (Å²) in [5.41, 5.74) is 6.16. The van der Waals surface area contributed by atoms with E-state index in [1.807, 2.05) is 0 Å². The first-order valence-corrected chi connectivity index (χ1v) is 8.96. The van der Waals surface area contributed by atoms with Gasteiger partial charge in [-0.3, -0.25) is 0 Å². The molecule has 1 fully saturated rings. The van der Waals surface area contributed by atoms with Crippen LogP contribution in [0, 0.1) is 5.92 Å². The van der Waals surface area contributed by atoms with Crippen LogP contribution in [-0.4, -0.2) is 25.7 Å².